The zero-order valence-electron chi connectivity index (χ0n) is 9.38. The van der Waals surface area contributed by atoms with Gasteiger partial charge in [0.25, 0.3) is 0 Å². The molecule has 0 aliphatic carbocycles. The Balaban J connectivity index is 2.00. The fourth-order valence-electron chi connectivity index (χ4n) is 1.70. The van der Waals surface area contributed by atoms with Gasteiger partial charge in [0.1, 0.15) is 11.5 Å². The minimum absolute atomic E-state index is 0.299. The zero-order chi connectivity index (χ0) is 12.4. The molecule has 0 unspecified atom stereocenters. The summed E-state index contributed by atoms with van der Waals surface area (Å²) in [5, 5.41) is 3.96. The smallest absolute Gasteiger partial charge is 0.167 e. The molecule has 2 aromatic heterocycles. The Hall–Kier alpha value is -2.49. The van der Waals surface area contributed by atoms with Crippen LogP contribution < -0.4 is 0 Å². The van der Waals surface area contributed by atoms with E-state index in [-0.39, 0.29) is 5.82 Å². The van der Waals surface area contributed by atoms with E-state index in [9.17, 15) is 4.39 Å². The van der Waals surface area contributed by atoms with Gasteiger partial charge in [0.05, 0.1) is 0 Å². The Labute approximate surface area is 103 Å². The standard InChI is InChI=1S/C14H9FN2O/c15-12-5-1-3-10(7-12)14-8-13(17-18-14)11-4-2-6-16-9-11/h1-9H. The highest BCUT2D eigenvalue weighted by atomic mass is 19.1. The van der Waals surface area contributed by atoms with Crippen molar-refractivity contribution >= 4 is 0 Å². The maximum absolute atomic E-state index is 13.1. The minimum atomic E-state index is -0.299. The van der Waals surface area contributed by atoms with Crippen LogP contribution in [0.5, 0.6) is 0 Å². The van der Waals surface area contributed by atoms with Crippen molar-refractivity contribution < 1.29 is 8.91 Å². The Morgan fingerprint density at radius 2 is 1.89 bits per heavy atom. The van der Waals surface area contributed by atoms with Gasteiger partial charge in [-0.15, -0.1) is 0 Å². The summed E-state index contributed by atoms with van der Waals surface area (Å²) in [6, 6.07) is 11.7. The van der Waals surface area contributed by atoms with Gasteiger partial charge in [-0.2, -0.15) is 0 Å². The first-order chi connectivity index (χ1) is 8.83. The molecule has 0 aliphatic heterocycles. The summed E-state index contributed by atoms with van der Waals surface area (Å²) >= 11 is 0. The Morgan fingerprint density at radius 3 is 2.67 bits per heavy atom. The van der Waals surface area contributed by atoms with E-state index in [1.54, 1.807) is 30.6 Å². The van der Waals surface area contributed by atoms with E-state index in [1.165, 1.54) is 12.1 Å². The lowest BCUT2D eigenvalue weighted by Gasteiger charge is -1.94. The summed E-state index contributed by atoms with van der Waals surface area (Å²) in [5.74, 6) is 0.236. The highest BCUT2D eigenvalue weighted by Gasteiger charge is 2.08. The monoisotopic (exact) mass is 240 g/mol. The van der Waals surface area contributed by atoms with Gasteiger partial charge in [0.2, 0.25) is 0 Å². The van der Waals surface area contributed by atoms with Crippen molar-refractivity contribution in [3.05, 3.63) is 60.7 Å². The third kappa shape index (κ3) is 2.00. The van der Waals surface area contributed by atoms with Gasteiger partial charge in [0.15, 0.2) is 5.76 Å². The third-order valence-electron chi connectivity index (χ3n) is 2.58. The zero-order valence-corrected chi connectivity index (χ0v) is 9.38. The molecule has 0 radical (unpaired) electrons. The molecule has 4 heteroatoms. The van der Waals surface area contributed by atoms with Gasteiger partial charge in [-0.05, 0) is 24.3 Å². The highest BCUT2D eigenvalue weighted by molar-refractivity contribution is 5.65. The van der Waals surface area contributed by atoms with Crippen molar-refractivity contribution in [1.29, 1.82) is 0 Å². The van der Waals surface area contributed by atoms with Crippen molar-refractivity contribution in [3.8, 4) is 22.6 Å². The van der Waals surface area contributed by atoms with Gasteiger partial charge in [0, 0.05) is 29.6 Å². The van der Waals surface area contributed by atoms with E-state index >= 15 is 0 Å². The second-order valence-electron chi connectivity index (χ2n) is 3.83. The van der Waals surface area contributed by atoms with Crippen molar-refractivity contribution in [2.24, 2.45) is 0 Å². The van der Waals surface area contributed by atoms with Crippen molar-refractivity contribution in [2.45, 2.75) is 0 Å². The van der Waals surface area contributed by atoms with E-state index in [2.05, 4.69) is 10.1 Å². The number of rotatable bonds is 2. The number of nitrogens with zero attached hydrogens (tertiary/aromatic N) is 2. The number of halogens is 1. The molecular formula is C14H9FN2O. The predicted octanol–water partition coefficient (Wildman–Crippen LogP) is 3.54. The van der Waals surface area contributed by atoms with Crippen LogP contribution in [0.1, 0.15) is 0 Å². The highest BCUT2D eigenvalue weighted by Crippen LogP contribution is 2.25. The first-order valence-corrected chi connectivity index (χ1v) is 5.46. The molecule has 0 saturated heterocycles. The fourth-order valence-corrected chi connectivity index (χ4v) is 1.70. The molecular weight excluding hydrogens is 231 g/mol. The molecule has 0 bridgehead atoms. The minimum Gasteiger partial charge on any atom is -0.356 e. The summed E-state index contributed by atoms with van der Waals surface area (Å²) in [5.41, 5.74) is 2.21. The van der Waals surface area contributed by atoms with Gasteiger partial charge in [-0.25, -0.2) is 4.39 Å². The molecule has 3 rings (SSSR count). The molecule has 88 valence electrons. The summed E-state index contributed by atoms with van der Waals surface area (Å²) in [7, 11) is 0. The molecule has 0 spiro atoms. The van der Waals surface area contributed by atoms with Crippen LogP contribution in [0.4, 0.5) is 4.39 Å². The van der Waals surface area contributed by atoms with Crippen LogP contribution in [-0.4, -0.2) is 10.1 Å². The largest absolute Gasteiger partial charge is 0.356 e. The van der Waals surface area contributed by atoms with E-state index < -0.39 is 0 Å². The van der Waals surface area contributed by atoms with Gasteiger partial charge < -0.3 is 4.52 Å². The SMILES string of the molecule is Fc1cccc(-c2cc(-c3cccnc3)no2)c1. The molecule has 1 aromatic carbocycles. The van der Waals surface area contributed by atoms with Crippen LogP contribution in [0, 0.1) is 5.82 Å². The Kier molecular flexibility index (Phi) is 2.61. The first-order valence-electron chi connectivity index (χ1n) is 5.46. The number of pyridine rings is 1. The van der Waals surface area contributed by atoms with Gasteiger partial charge in [-0.1, -0.05) is 17.3 Å². The van der Waals surface area contributed by atoms with Crippen LogP contribution in [0.25, 0.3) is 22.6 Å². The van der Waals surface area contributed by atoms with E-state index in [0.717, 1.165) is 5.56 Å². The van der Waals surface area contributed by atoms with Gasteiger partial charge >= 0.3 is 0 Å². The number of hydrogen-bond acceptors (Lipinski definition) is 3. The number of benzene rings is 1. The maximum Gasteiger partial charge on any atom is 0.167 e. The number of hydrogen-bond donors (Lipinski definition) is 0. The lowest BCUT2D eigenvalue weighted by atomic mass is 10.1. The summed E-state index contributed by atoms with van der Waals surface area (Å²) in [4.78, 5) is 4.02. The van der Waals surface area contributed by atoms with Crippen LogP contribution in [0.2, 0.25) is 0 Å². The first kappa shape index (κ1) is 10.7. The molecule has 18 heavy (non-hydrogen) atoms. The molecule has 2 heterocycles. The quantitative estimate of drug-likeness (QED) is 0.687. The summed E-state index contributed by atoms with van der Waals surface area (Å²) < 4.78 is 18.3. The average molecular weight is 240 g/mol. The molecule has 0 N–H and O–H groups in total. The molecule has 0 atom stereocenters. The van der Waals surface area contributed by atoms with E-state index in [0.29, 0.717) is 17.0 Å². The van der Waals surface area contributed by atoms with E-state index in [1.807, 2.05) is 12.1 Å². The van der Waals surface area contributed by atoms with Crippen molar-refractivity contribution in [3.63, 3.8) is 0 Å². The Morgan fingerprint density at radius 1 is 1.00 bits per heavy atom. The topological polar surface area (TPSA) is 38.9 Å². The lowest BCUT2D eigenvalue weighted by Crippen LogP contribution is -1.77. The van der Waals surface area contributed by atoms with Crippen molar-refractivity contribution in [2.75, 3.05) is 0 Å². The lowest BCUT2D eigenvalue weighted by molar-refractivity contribution is 0.434. The maximum atomic E-state index is 13.1. The summed E-state index contributed by atoms with van der Waals surface area (Å²) in [6.45, 7) is 0. The molecule has 0 amide bonds. The number of aromatic nitrogens is 2. The molecule has 0 aliphatic rings. The molecule has 0 fully saturated rings. The molecule has 3 nitrogen and oxygen atoms in total. The van der Waals surface area contributed by atoms with Gasteiger partial charge in [-0.3, -0.25) is 4.98 Å². The second kappa shape index (κ2) is 4.41. The molecule has 0 saturated carbocycles. The van der Waals surface area contributed by atoms with Crippen LogP contribution in [-0.2, 0) is 0 Å². The fraction of sp³-hybridized carbons (Fsp3) is 0. The Bertz CT molecular complexity index is 664. The van der Waals surface area contributed by atoms with Crippen LogP contribution in [0.15, 0.2) is 59.4 Å². The average Bonchev–Trinajstić information content (AvgIpc) is 2.89. The normalized spacial score (nSPS) is 10.5. The summed E-state index contributed by atoms with van der Waals surface area (Å²) in [6.07, 6.45) is 3.39. The van der Waals surface area contributed by atoms with Crippen LogP contribution >= 0.6 is 0 Å². The predicted molar refractivity (Wildman–Crippen MR) is 65.1 cm³/mol. The third-order valence-corrected chi connectivity index (χ3v) is 2.58. The van der Waals surface area contributed by atoms with Crippen molar-refractivity contribution in [1.82, 2.24) is 10.1 Å². The van der Waals surface area contributed by atoms with E-state index in [4.69, 9.17) is 4.52 Å². The molecule has 3 aromatic rings. The second-order valence-corrected chi connectivity index (χ2v) is 3.83. The van der Waals surface area contributed by atoms with Crippen LogP contribution in [0.3, 0.4) is 0 Å².